The van der Waals surface area contributed by atoms with Crippen LogP contribution in [0, 0.1) is 0 Å². The normalized spacial score (nSPS) is 17.5. The number of hydrogen-bond acceptors (Lipinski definition) is 3. The summed E-state index contributed by atoms with van der Waals surface area (Å²) in [5.74, 6) is 2.28. The van der Waals surface area contributed by atoms with E-state index in [0.29, 0.717) is 11.6 Å². The van der Waals surface area contributed by atoms with E-state index in [-0.39, 0.29) is 6.04 Å². The molecule has 0 aromatic heterocycles. The standard InChI is InChI=1S/C15H14ClNO2/c16-10-1-3-11(4-2-10)19-12-5-6-13-14(17)7-8-18-15(13)9-12/h1-6,9,14H,7-8,17H2. The van der Waals surface area contributed by atoms with Crippen LogP contribution in [0.15, 0.2) is 42.5 Å². The van der Waals surface area contributed by atoms with Crippen LogP contribution in [0.2, 0.25) is 5.02 Å². The van der Waals surface area contributed by atoms with Crippen LogP contribution in [0.25, 0.3) is 0 Å². The second-order valence-corrected chi connectivity index (χ2v) is 4.94. The Labute approximate surface area is 116 Å². The van der Waals surface area contributed by atoms with E-state index in [0.717, 1.165) is 29.2 Å². The first-order valence-corrected chi connectivity index (χ1v) is 6.56. The predicted molar refractivity (Wildman–Crippen MR) is 75.0 cm³/mol. The van der Waals surface area contributed by atoms with Gasteiger partial charge in [-0.25, -0.2) is 0 Å². The molecule has 98 valence electrons. The molecule has 0 spiro atoms. The van der Waals surface area contributed by atoms with Gasteiger partial charge in [-0.2, -0.15) is 0 Å². The zero-order chi connectivity index (χ0) is 13.2. The van der Waals surface area contributed by atoms with Crippen molar-refractivity contribution in [3.63, 3.8) is 0 Å². The van der Waals surface area contributed by atoms with E-state index >= 15 is 0 Å². The van der Waals surface area contributed by atoms with Gasteiger partial charge in [0, 0.05) is 29.1 Å². The average molecular weight is 276 g/mol. The second kappa shape index (κ2) is 5.11. The van der Waals surface area contributed by atoms with Gasteiger partial charge >= 0.3 is 0 Å². The molecule has 3 nitrogen and oxygen atoms in total. The highest BCUT2D eigenvalue weighted by molar-refractivity contribution is 6.30. The minimum absolute atomic E-state index is 0.0494. The van der Waals surface area contributed by atoms with Gasteiger partial charge in [0.2, 0.25) is 0 Å². The average Bonchev–Trinajstić information content (AvgIpc) is 2.42. The highest BCUT2D eigenvalue weighted by atomic mass is 35.5. The molecule has 2 aromatic rings. The quantitative estimate of drug-likeness (QED) is 0.904. The molecule has 0 saturated carbocycles. The lowest BCUT2D eigenvalue weighted by atomic mass is 10.0. The maximum absolute atomic E-state index is 6.03. The molecule has 19 heavy (non-hydrogen) atoms. The SMILES string of the molecule is NC1CCOc2cc(Oc3ccc(Cl)cc3)ccc21. The van der Waals surface area contributed by atoms with Gasteiger partial charge in [-0.15, -0.1) is 0 Å². The minimum atomic E-state index is 0.0494. The molecular formula is C15H14ClNO2. The third-order valence-corrected chi connectivity index (χ3v) is 3.37. The molecule has 0 fully saturated rings. The van der Waals surface area contributed by atoms with E-state index in [2.05, 4.69) is 0 Å². The number of fused-ring (bicyclic) bond motifs is 1. The Kier molecular flexibility index (Phi) is 3.32. The summed E-state index contributed by atoms with van der Waals surface area (Å²) in [6.07, 6.45) is 0.852. The number of halogens is 1. The Balaban J connectivity index is 1.84. The highest BCUT2D eigenvalue weighted by Crippen LogP contribution is 2.35. The largest absolute Gasteiger partial charge is 0.493 e. The highest BCUT2D eigenvalue weighted by Gasteiger charge is 2.18. The molecule has 2 aromatic carbocycles. The van der Waals surface area contributed by atoms with Crippen LogP contribution in [0.4, 0.5) is 0 Å². The van der Waals surface area contributed by atoms with Crippen LogP contribution in [0.1, 0.15) is 18.0 Å². The summed E-state index contributed by atoms with van der Waals surface area (Å²) in [5, 5.41) is 0.687. The number of benzene rings is 2. The molecule has 1 aliphatic heterocycles. The van der Waals surface area contributed by atoms with Gasteiger partial charge in [-0.1, -0.05) is 17.7 Å². The lowest BCUT2D eigenvalue weighted by Gasteiger charge is -2.23. The van der Waals surface area contributed by atoms with Gasteiger partial charge in [0.1, 0.15) is 17.2 Å². The van der Waals surface area contributed by atoms with Crippen molar-refractivity contribution >= 4 is 11.6 Å². The molecule has 1 unspecified atom stereocenters. The summed E-state index contributed by atoms with van der Waals surface area (Å²) in [6.45, 7) is 0.651. The third kappa shape index (κ3) is 2.67. The van der Waals surface area contributed by atoms with Crippen LogP contribution in [-0.4, -0.2) is 6.61 Å². The van der Waals surface area contributed by atoms with Crippen molar-refractivity contribution in [2.45, 2.75) is 12.5 Å². The first kappa shape index (κ1) is 12.3. The van der Waals surface area contributed by atoms with E-state index < -0.39 is 0 Å². The summed E-state index contributed by atoms with van der Waals surface area (Å²) in [6, 6.07) is 13.0. The van der Waals surface area contributed by atoms with Crippen LogP contribution in [-0.2, 0) is 0 Å². The molecular weight excluding hydrogens is 262 g/mol. The molecule has 0 radical (unpaired) electrons. The zero-order valence-electron chi connectivity index (χ0n) is 10.3. The maximum atomic E-state index is 6.03. The molecule has 1 atom stereocenters. The fourth-order valence-electron chi connectivity index (χ4n) is 2.10. The zero-order valence-corrected chi connectivity index (χ0v) is 11.1. The van der Waals surface area contributed by atoms with Crippen LogP contribution in [0.5, 0.6) is 17.2 Å². The number of nitrogens with two attached hydrogens (primary N) is 1. The van der Waals surface area contributed by atoms with Gasteiger partial charge in [0.05, 0.1) is 6.61 Å². The van der Waals surface area contributed by atoms with Crippen molar-refractivity contribution in [2.75, 3.05) is 6.61 Å². The first-order chi connectivity index (χ1) is 9.22. The Bertz CT molecular complexity index is 583. The van der Waals surface area contributed by atoms with E-state index in [1.165, 1.54) is 0 Å². The molecule has 1 heterocycles. The van der Waals surface area contributed by atoms with Crippen molar-refractivity contribution in [2.24, 2.45) is 5.73 Å². The summed E-state index contributed by atoms with van der Waals surface area (Å²) >= 11 is 5.84. The van der Waals surface area contributed by atoms with E-state index in [1.54, 1.807) is 12.1 Å². The number of rotatable bonds is 2. The van der Waals surface area contributed by atoms with E-state index in [4.69, 9.17) is 26.8 Å². The number of ether oxygens (including phenoxy) is 2. The fourth-order valence-corrected chi connectivity index (χ4v) is 2.23. The van der Waals surface area contributed by atoms with Crippen molar-refractivity contribution in [3.8, 4) is 17.2 Å². The summed E-state index contributed by atoms with van der Waals surface area (Å²) in [5.41, 5.74) is 7.07. The Hall–Kier alpha value is -1.71. The van der Waals surface area contributed by atoms with E-state index in [1.807, 2.05) is 30.3 Å². The van der Waals surface area contributed by atoms with Crippen LogP contribution in [0.3, 0.4) is 0 Å². The van der Waals surface area contributed by atoms with Crippen molar-refractivity contribution in [1.29, 1.82) is 0 Å². The number of hydrogen-bond donors (Lipinski definition) is 1. The Morgan fingerprint density at radius 3 is 2.63 bits per heavy atom. The van der Waals surface area contributed by atoms with Crippen molar-refractivity contribution in [1.82, 2.24) is 0 Å². The third-order valence-electron chi connectivity index (χ3n) is 3.12. The van der Waals surface area contributed by atoms with E-state index in [9.17, 15) is 0 Å². The summed E-state index contributed by atoms with van der Waals surface area (Å²) in [4.78, 5) is 0. The maximum Gasteiger partial charge on any atom is 0.131 e. The lowest BCUT2D eigenvalue weighted by Crippen LogP contribution is -2.20. The van der Waals surface area contributed by atoms with Gasteiger partial charge in [0.25, 0.3) is 0 Å². The predicted octanol–water partition coefficient (Wildman–Crippen LogP) is 3.91. The molecule has 0 amide bonds. The molecule has 4 heteroatoms. The molecule has 3 rings (SSSR count). The molecule has 0 aliphatic carbocycles. The molecule has 1 aliphatic rings. The van der Waals surface area contributed by atoms with Gasteiger partial charge < -0.3 is 15.2 Å². The van der Waals surface area contributed by atoms with Gasteiger partial charge in [-0.05, 0) is 30.3 Å². The topological polar surface area (TPSA) is 44.5 Å². The smallest absolute Gasteiger partial charge is 0.131 e. The van der Waals surface area contributed by atoms with Crippen molar-refractivity contribution < 1.29 is 9.47 Å². The van der Waals surface area contributed by atoms with Crippen molar-refractivity contribution in [3.05, 3.63) is 53.1 Å². The Morgan fingerprint density at radius 2 is 1.84 bits per heavy atom. The fraction of sp³-hybridized carbons (Fsp3) is 0.200. The van der Waals surface area contributed by atoms with Crippen LogP contribution >= 0.6 is 11.6 Å². The summed E-state index contributed by atoms with van der Waals surface area (Å²) in [7, 11) is 0. The van der Waals surface area contributed by atoms with Gasteiger partial charge in [-0.3, -0.25) is 0 Å². The monoisotopic (exact) mass is 275 g/mol. The lowest BCUT2D eigenvalue weighted by molar-refractivity contribution is 0.268. The molecule has 2 N–H and O–H groups in total. The van der Waals surface area contributed by atoms with Crippen LogP contribution < -0.4 is 15.2 Å². The summed E-state index contributed by atoms with van der Waals surface area (Å²) < 4.78 is 11.4. The minimum Gasteiger partial charge on any atom is -0.493 e. The Morgan fingerprint density at radius 1 is 1.11 bits per heavy atom. The molecule has 0 bridgehead atoms. The first-order valence-electron chi connectivity index (χ1n) is 6.18. The van der Waals surface area contributed by atoms with Gasteiger partial charge in [0.15, 0.2) is 0 Å². The second-order valence-electron chi connectivity index (χ2n) is 4.50. The molecule has 0 saturated heterocycles.